The van der Waals surface area contributed by atoms with Crippen LogP contribution in [0, 0.1) is 0 Å². The second-order valence-electron chi connectivity index (χ2n) is 7.81. The molecule has 0 saturated carbocycles. The first kappa shape index (κ1) is 24.3. The van der Waals surface area contributed by atoms with Crippen molar-refractivity contribution in [2.24, 2.45) is 0 Å². The van der Waals surface area contributed by atoms with Gasteiger partial charge < -0.3 is 19.9 Å². The fraction of sp³-hybridized carbons (Fsp3) is 0.348. The molecular formula is C23H27NO6S. The number of aliphatic carboxylic acids is 1. The van der Waals surface area contributed by atoms with E-state index in [4.69, 9.17) is 9.47 Å². The molecule has 1 amide bonds. The van der Waals surface area contributed by atoms with Crippen molar-refractivity contribution in [2.45, 2.75) is 44.8 Å². The van der Waals surface area contributed by atoms with E-state index in [1.54, 1.807) is 45.0 Å². The van der Waals surface area contributed by atoms with E-state index in [1.165, 1.54) is 11.8 Å². The smallest absolute Gasteiger partial charge is 0.408 e. The molecule has 0 aliphatic rings. The largest absolute Gasteiger partial charge is 0.480 e. The number of carbonyl (C=O) groups is 3. The van der Waals surface area contributed by atoms with Gasteiger partial charge in [-0.15, -0.1) is 0 Å². The second-order valence-corrected chi connectivity index (χ2v) is 8.84. The van der Waals surface area contributed by atoms with E-state index in [1.807, 2.05) is 30.3 Å². The van der Waals surface area contributed by atoms with E-state index >= 15 is 0 Å². The number of hydrogen-bond donors (Lipinski definition) is 2. The zero-order valence-corrected chi connectivity index (χ0v) is 18.6. The third kappa shape index (κ3) is 9.13. The minimum atomic E-state index is -1.13. The van der Waals surface area contributed by atoms with E-state index in [2.05, 4.69) is 5.32 Å². The van der Waals surface area contributed by atoms with E-state index in [0.717, 1.165) is 11.1 Å². The lowest BCUT2D eigenvalue weighted by Gasteiger charge is -2.21. The summed E-state index contributed by atoms with van der Waals surface area (Å²) in [5.74, 6) is -0.834. The predicted molar refractivity (Wildman–Crippen MR) is 119 cm³/mol. The minimum absolute atomic E-state index is 0.176. The summed E-state index contributed by atoms with van der Waals surface area (Å²) in [5, 5.41) is 11.7. The van der Waals surface area contributed by atoms with Crippen molar-refractivity contribution in [2.75, 3.05) is 5.75 Å². The number of rotatable bonds is 9. The molecule has 0 bridgehead atoms. The number of esters is 1. The fourth-order valence-corrected chi connectivity index (χ4v) is 3.47. The highest BCUT2D eigenvalue weighted by Crippen LogP contribution is 2.16. The number of hydrogen-bond acceptors (Lipinski definition) is 6. The maximum atomic E-state index is 12.2. The highest BCUT2D eigenvalue weighted by molar-refractivity contribution is 7.98. The minimum Gasteiger partial charge on any atom is -0.480 e. The molecule has 8 heteroatoms. The number of thioether (sulfide) groups is 1. The first-order valence-corrected chi connectivity index (χ1v) is 10.9. The SMILES string of the molecule is CC(C)(C)OC(=O)NC(CSCc1ccc(C(=O)OCc2ccccc2)cc1)C(=O)O. The molecule has 0 aromatic heterocycles. The van der Waals surface area contributed by atoms with Gasteiger partial charge in [-0.3, -0.25) is 0 Å². The van der Waals surface area contributed by atoms with Crippen LogP contribution in [0.1, 0.15) is 42.3 Å². The Kier molecular flexibility index (Phi) is 8.93. The highest BCUT2D eigenvalue weighted by Gasteiger charge is 2.23. The van der Waals surface area contributed by atoms with Crippen LogP contribution >= 0.6 is 11.8 Å². The number of alkyl carbamates (subject to hydrolysis) is 1. The molecule has 0 spiro atoms. The topological polar surface area (TPSA) is 102 Å². The average Bonchev–Trinajstić information content (AvgIpc) is 2.71. The van der Waals surface area contributed by atoms with Crippen LogP contribution in [-0.4, -0.2) is 40.5 Å². The Hall–Kier alpha value is -3.00. The maximum absolute atomic E-state index is 12.2. The Morgan fingerprint density at radius 3 is 2.23 bits per heavy atom. The summed E-state index contributed by atoms with van der Waals surface area (Å²) in [4.78, 5) is 35.4. The van der Waals surface area contributed by atoms with Gasteiger partial charge >= 0.3 is 18.0 Å². The molecule has 0 heterocycles. The zero-order valence-electron chi connectivity index (χ0n) is 17.8. The Morgan fingerprint density at radius 2 is 1.65 bits per heavy atom. The fourth-order valence-electron chi connectivity index (χ4n) is 2.46. The molecule has 2 N–H and O–H groups in total. The second kappa shape index (κ2) is 11.4. The summed E-state index contributed by atoms with van der Waals surface area (Å²) in [5.41, 5.74) is 1.58. The predicted octanol–water partition coefficient (Wildman–Crippen LogP) is 4.25. The van der Waals surface area contributed by atoms with Crippen LogP contribution in [0.15, 0.2) is 54.6 Å². The number of ether oxygens (including phenoxy) is 2. The normalized spacial score (nSPS) is 12.0. The lowest BCUT2D eigenvalue weighted by atomic mass is 10.1. The van der Waals surface area contributed by atoms with Crippen LogP contribution in [0.4, 0.5) is 4.79 Å². The molecule has 2 aromatic rings. The molecule has 31 heavy (non-hydrogen) atoms. The van der Waals surface area contributed by atoms with Crippen molar-refractivity contribution >= 4 is 29.8 Å². The molecule has 0 saturated heterocycles. The van der Waals surface area contributed by atoms with Gasteiger partial charge in [0.2, 0.25) is 0 Å². The maximum Gasteiger partial charge on any atom is 0.408 e. The summed E-state index contributed by atoms with van der Waals surface area (Å²) in [7, 11) is 0. The van der Waals surface area contributed by atoms with E-state index in [0.29, 0.717) is 11.3 Å². The van der Waals surface area contributed by atoms with Crippen LogP contribution in [0.5, 0.6) is 0 Å². The van der Waals surface area contributed by atoms with Crippen LogP contribution in [0.25, 0.3) is 0 Å². The average molecular weight is 446 g/mol. The Morgan fingerprint density at radius 1 is 1.00 bits per heavy atom. The first-order chi connectivity index (χ1) is 14.6. The van der Waals surface area contributed by atoms with Crippen molar-refractivity contribution in [3.05, 3.63) is 71.3 Å². The quantitative estimate of drug-likeness (QED) is 0.556. The van der Waals surface area contributed by atoms with Gasteiger partial charge in [0.05, 0.1) is 5.56 Å². The van der Waals surface area contributed by atoms with Crippen molar-refractivity contribution in [1.82, 2.24) is 5.32 Å². The van der Waals surface area contributed by atoms with Crippen molar-refractivity contribution < 1.29 is 29.0 Å². The molecule has 0 fully saturated rings. The molecule has 7 nitrogen and oxygen atoms in total. The summed E-state index contributed by atoms with van der Waals surface area (Å²) in [6, 6.07) is 15.3. The van der Waals surface area contributed by atoms with Gasteiger partial charge in [-0.1, -0.05) is 42.5 Å². The first-order valence-electron chi connectivity index (χ1n) is 9.74. The summed E-state index contributed by atoms with van der Waals surface area (Å²) < 4.78 is 10.4. The molecule has 2 aromatic carbocycles. The zero-order chi connectivity index (χ0) is 22.9. The molecule has 0 aliphatic carbocycles. The number of carboxylic acid groups (broad SMARTS) is 1. The van der Waals surface area contributed by atoms with E-state index in [-0.39, 0.29) is 12.4 Å². The molecule has 0 aliphatic heterocycles. The van der Waals surface area contributed by atoms with Gasteiger partial charge in [-0.25, -0.2) is 14.4 Å². The number of amides is 1. The van der Waals surface area contributed by atoms with Gasteiger partial charge in [0.15, 0.2) is 0 Å². The van der Waals surface area contributed by atoms with Crippen LogP contribution in [-0.2, 0) is 26.6 Å². The lowest BCUT2D eigenvalue weighted by Crippen LogP contribution is -2.44. The standard InChI is InChI=1S/C23H27NO6S/c1-23(2,3)30-22(28)24-19(20(25)26)15-31-14-17-9-11-18(12-10-17)21(27)29-13-16-7-5-4-6-8-16/h4-12,19H,13-15H2,1-3H3,(H,24,28)(H,25,26). The molecule has 1 unspecified atom stereocenters. The summed E-state index contributed by atoms with van der Waals surface area (Å²) in [6.07, 6.45) is -0.765. The number of carbonyl (C=O) groups excluding carboxylic acids is 2. The molecule has 2 rings (SSSR count). The third-order valence-electron chi connectivity index (χ3n) is 3.94. The number of carboxylic acids is 1. The van der Waals surface area contributed by atoms with E-state index < -0.39 is 29.7 Å². The monoisotopic (exact) mass is 445 g/mol. The van der Waals surface area contributed by atoms with Gasteiger partial charge in [-0.2, -0.15) is 11.8 Å². The molecule has 166 valence electrons. The van der Waals surface area contributed by atoms with Crippen molar-refractivity contribution in [3.8, 4) is 0 Å². The van der Waals surface area contributed by atoms with Crippen LogP contribution in [0.3, 0.4) is 0 Å². The molecule has 0 radical (unpaired) electrons. The summed E-state index contributed by atoms with van der Waals surface area (Å²) >= 11 is 1.36. The van der Waals surface area contributed by atoms with Gasteiger partial charge in [0, 0.05) is 11.5 Å². The Balaban J connectivity index is 1.80. The highest BCUT2D eigenvalue weighted by atomic mass is 32.2. The number of nitrogens with one attached hydrogen (secondary N) is 1. The van der Waals surface area contributed by atoms with Crippen LogP contribution < -0.4 is 5.32 Å². The molecular weight excluding hydrogens is 418 g/mol. The van der Waals surface area contributed by atoms with Gasteiger partial charge in [0.1, 0.15) is 18.2 Å². The Bertz CT molecular complexity index is 877. The van der Waals surface area contributed by atoms with E-state index in [9.17, 15) is 19.5 Å². The van der Waals surface area contributed by atoms with Gasteiger partial charge in [0.25, 0.3) is 0 Å². The third-order valence-corrected chi connectivity index (χ3v) is 5.05. The lowest BCUT2D eigenvalue weighted by molar-refractivity contribution is -0.138. The summed E-state index contributed by atoms with van der Waals surface area (Å²) in [6.45, 7) is 5.33. The van der Waals surface area contributed by atoms with Crippen molar-refractivity contribution in [1.29, 1.82) is 0 Å². The Labute approximate surface area is 186 Å². The number of benzene rings is 2. The van der Waals surface area contributed by atoms with Crippen molar-refractivity contribution in [3.63, 3.8) is 0 Å². The van der Waals surface area contributed by atoms with Gasteiger partial charge in [-0.05, 0) is 44.0 Å². The molecule has 1 atom stereocenters. The van der Waals surface area contributed by atoms with Crippen LogP contribution in [0.2, 0.25) is 0 Å².